The number of fused-ring (bicyclic) bond motifs is 1. The van der Waals surface area contributed by atoms with Gasteiger partial charge in [0.15, 0.2) is 0 Å². The number of hydrogen-bond donors (Lipinski definition) is 0. The SMILES string of the molecule is CN(C[C@@H](CCN1CCC(c2ccccc2S(C)=O)CC1)c1ccc(Cl)c(Cl)c1)C(=O)c1cccc2c1CCCC2. The normalized spacial score (nSPS) is 17.6. The maximum atomic E-state index is 13.7. The summed E-state index contributed by atoms with van der Waals surface area (Å²) < 4.78 is 12.3. The molecule has 2 aliphatic rings. The van der Waals surface area contributed by atoms with E-state index in [0.717, 1.165) is 74.2 Å². The number of amides is 1. The molecule has 0 bridgehead atoms. The van der Waals surface area contributed by atoms with Gasteiger partial charge in [0.05, 0.1) is 20.8 Å². The van der Waals surface area contributed by atoms with Gasteiger partial charge >= 0.3 is 0 Å². The zero-order valence-corrected chi connectivity index (χ0v) is 26.4. The van der Waals surface area contributed by atoms with Crippen molar-refractivity contribution in [1.29, 1.82) is 0 Å². The van der Waals surface area contributed by atoms with Crippen LogP contribution in [0.15, 0.2) is 65.6 Å². The molecule has 2 atom stereocenters. The molecule has 0 spiro atoms. The summed E-state index contributed by atoms with van der Waals surface area (Å²) in [5.41, 5.74) is 5.77. The van der Waals surface area contributed by atoms with E-state index in [0.29, 0.717) is 22.5 Å². The third kappa shape index (κ3) is 7.25. The fraction of sp³-hybridized carbons (Fsp3) is 0.441. The van der Waals surface area contributed by atoms with Gasteiger partial charge in [0.1, 0.15) is 0 Å². The highest BCUT2D eigenvalue weighted by atomic mass is 35.5. The van der Waals surface area contributed by atoms with Crippen LogP contribution in [0.4, 0.5) is 0 Å². The van der Waals surface area contributed by atoms with Crippen molar-refractivity contribution >= 4 is 39.9 Å². The third-order valence-electron chi connectivity index (χ3n) is 8.93. The summed E-state index contributed by atoms with van der Waals surface area (Å²) in [5.74, 6) is 0.679. The summed E-state index contributed by atoms with van der Waals surface area (Å²) in [5, 5.41) is 1.10. The standard InChI is InChI=1S/C34H40Cl2N2O2S/c1-37(34(39)30-12-7-9-24-8-3-4-10-28(24)30)23-27(26-14-15-31(35)32(36)22-26)18-21-38-19-16-25(17-20-38)29-11-5-6-13-33(29)41(2)40/h5-7,9,11-15,22,25,27H,3-4,8,10,16-21,23H2,1-2H3/t27-,41?/m1/s1. The first-order valence-corrected chi connectivity index (χ1v) is 17.1. The van der Waals surface area contributed by atoms with Gasteiger partial charge in [-0.15, -0.1) is 0 Å². The minimum absolute atomic E-state index is 0.0987. The molecule has 0 aromatic heterocycles. The van der Waals surface area contributed by atoms with Crippen molar-refractivity contribution in [3.05, 3.63) is 98.5 Å². The molecule has 1 saturated heterocycles. The molecule has 5 rings (SSSR count). The van der Waals surface area contributed by atoms with Crippen molar-refractivity contribution in [2.24, 2.45) is 0 Å². The Labute approximate surface area is 257 Å². The molecule has 1 fully saturated rings. The number of rotatable bonds is 9. The average Bonchev–Trinajstić information content (AvgIpc) is 3.00. The Morgan fingerprint density at radius 1 is 1.00 bits per heavy atom. The molecule has 3 aromatic rings. The number of likely N-dealkylation sites (tertiary alicyclic amines) is 1. The highest BCUT2D eigenvalue weighted by molar-refractivity contribution is 7.84. The van der Waals surface area contributed by atoms with E-state index in [-0.39, 0.29) is 11.8 Å². The Balaban J connectivity index is 1.26. The Hall–Kier alpha value is -2.18. The van der Waals surface area contributed by atoms with Crippen LogP contribution in [0.2, 0.25) is 10.0 Å². The molecule has 0 N–H and O–H groups in total. The van der Waals surface area contributed by atoms with Gasteiger partial charge in [-0.05, 0) is 117 Å². The first-order chi connectivity index (χ1) is 19.8. The number of nitrogens with zero attached hydrogens (tertiary/aromatic N) is 2. The number of carbonyl (C=O) groups is 1. The molecule has 1 heterocycles. The number of halogens is 2. The Morgan fingerprint density at radius 2 is 1.76 bits per heavy atom. The lowest BCUT2D eigenvalue weighted by Gasteiger charge is -2.34. The zero-order chi connectivity index (χ0) is 28.9. The second-order valence-corrected chi connectivity index (χ2v) is 13.8. The van der Waals surface area contributed by atoms with Gasteiger partial charge < -0.3 is 9.80 Å². The van der Waals surface area contributed by atoms with Crippen LogP contribution < -0.4 is 0 Å². The number of benzene rings is 3. The van der Waals surface area contributed by atoms with E-state index in [9.17, 15) is 9.00 Å². The first kappa shape index (κ1) is 30.3. The van der Waals surface area contributed by atoms with E-state index in [1.165, 1.54) is 23.1 Å². The molecule has 7 heteroatoms. The highest BCUT2D eigenvalue weighted by Crippen LogP contribution is 2.34. The molecule has 218 valence electrons. The smallest absolute Gasteiger partial charge is 0.253 e. The van der Waals surface area contributed by atoms with Crippen LogP contribution in [-0.4, -0.2) is 59.4 Å². The molecular weight excluding hydrogens is 571 g/mol. The lowest BCUT2D eigenvalue weighted by Crippen LogP contribution is -2.36. The Bertz CT molecular complexity index is 1400. The van der Waals surface area contributed by atoms with Crippen molar-refractivity contribution in [1.82, 2.24) is 9.80 Å². The summed E-state index contributed by atoms with van der Waals surface area (Å²) in [4.78, 5) is 19.1. The molecule has 4 nitrogen and oxygen atoms in total. The maximum absolute atomic E-state index is 13.7. The van der Waals surface area contributed by atoms with Gasteiger partial charge in [-0.25, -0.2) is 0 Å². The van der Waals surface area contributed by atoms with Crippen molar-refractivity contribution in [2.45, 2.75) is 61.7 Å². The van der Waals surface area contributed by atoms with Gasteiger partial charge in [0.2, 0.25) is 0 Å². The maximum Gasteiger partial charge on any atom is 0.253 e. The highest BCUT2D eigenvalue weighted by Gasteiger charge is 2.26. The van der Waals surface area contributed by atoms with Gasteiger partial charge in [-0.3, -0.25) is 9.00 Å². The lowest BCUT2D eigenvalue weighted by molar-refractivity contribution is 0.0780. The quantitative estimate of drug-likeness (QED) is 0.249. The summed E-state index contributed by atoms with van der Waals surface area (Å²) in [6, 6.07) is 20.3. The number of carbonyl (C=O) groups excluding carboxylic acids is 1. The first-order valence-electron chi connectivity index (χ1n) is 14.8. The summed E-state index contributed by atoms with van der Waals surface area (Å²) >= 11 is 12.7. The predicted octanol–water partition coefficient (Wildman–Crippen LogP) is 7.74. The third-order valence-corrected chi connectivity index (χ3v) is 10.7. The Morgan fingerprint density at radius 3 is 2.51 bits per heavy atom. The van der Waals surface area contributed by atoms with Crippen LogP contribution in [0.1, 0.15) is 76.6 Å². The van der Waals surface area contributed by atoms with Crippen LogP contribution in [0.5, 0.6) is 0 Å². The minimum atomic E-state index is -0.976. The van der Waals surface area contributed by atoms with E-state index < -0.39 is 10.8 Å². The number of aryl methyl sites for hydroxylation is 1. The van der Waals surface area contributed by atoms with Gasteiger partial charge in [-0.1, -0.05) is 59.6 Å². The van der Waals surface area contributed by atoms with Crippen LogP contribution in [-0.2, 0) is 23.6 Å². The lowest BCUT2D eigenvalue weighted by atomic mass is 9.87. The molecule has 0 radical (unpaired) electrons. The molecule has 1 unspecified atom stereocenters. The predicted molar refractivity (Wildman–Crippen MR) is 171 cm³/mol. The van der Waals surface area contributed by atoms with E-state index in [2.05, 4.69) is 29.2 Å². The number of likely N-dealkylation sites (N-methyl/N-ethyl adjacent to an activating group) is 1. The fourth-order valence-corrected chi connectivity index (χ4v) is 7.76. The Kier molecular flexibility index (Phi) is 10.2. The van der Waals surface area contributed by atoms with E-state index >= 15 is 0 Å². The molecule has 1 aliphatic heterocycles. The summed E-state index contributed by atoms with van der Waals surface area (Å²) in [7, 11) is 0.950. The average molecular weight is 612 g/mol. The number of piperidine rings is 1. The van der Waals surface area contributed by atoms with E-state index in [1.807, 2.05) is 48.3 Å². The van der Waals surface area contributed by atoms with Crippen LogP contribution in [0.25, 0.3) is 0 Å². The van der Waals surface area contributed by atoms with Crippen molar-refractivity contribution in [3.63, 3.8) is 0 Å². The van der Waals surface area contributed by atoms with Crippen molar-refractivity contribution < 1.29 is 9.00 Å². The molecule has 1 amide bonds. The largest absolute Gasteiger partial charge is 0.341 e. The van der Waals surface area contributed by atoms with Crippen LogP contribution in [0.3, 0.4) is 0 Å². The topological polar surface area (TPSA) is 40.6 Å². The number of hydrogen-bond acceptors (Lipinski definition) is 3. The molecule has 41 heavy (non-hydrogen) atoms. The minimum Gasteiger partial charge on any atom is -0.341 e. The molecule has 0 saturated carbocycles. The van der Waals surface area contributed by atoms with Crippen LogP contribution in [0, 0.1) is 0 Å². The summed E-state index contributed by atoms with van der Waals surface area (Å²) in [6.07, 6.45) is 9.19. The second kappa shape index (κ2) is 13.9. The molecular formula is C34H40Cl2N2O2S. The van der Waals surface area contributed by atoms with Gasteiger partial charge in [0, 0.05) is 36.2 Å². The van der Waals surface area contributed by atoms with Gasteiger partial charge in [-0.2, -0.15) is 0 Å². The van der Waals surface area contributed by atoms with Crippen molar-refractivity contribution in [2.75, 3.05) is 39.5 Å². The molecule has 1 aliphatic carbocycles. The fourth-order valence-electron chi connectivity index (χ4n) is 6.62. The van der Waals surface area contributed by atoms with E-state index in [4.69, 9.17) is 23.2 Å². The molecule has 3 aromatic carbocycles. The van der Waals surface area contributed by atoms with E-state index in [1.54, 1.807) is 6.26 Å². The van der Waals surface area contributed by atoms with Crippen LogP contribution >= 0.6 is 23.2 Å². The van der Waals surface area contributed by atoms with Gasteiger partial charge in [0.25, 0.3) is 5.91 Å². The summed E-state index contributed by atoms with van der Waals surface area (Å²) in [6.45, 7) is 3.58. The monoisotopic (exact) mass is 610 g/mol. The second-order valence-electron chi connectivity index (χ2n) is 11.6. The zero-order valence-electron chi connectivity index (χ0n) is 24.1. The van der Waals surface area contributed by atoms with Crippen molar-refractivity contribution in [3.8, 4) is 0 Å².